The van der Waals surface area contributed by atoms with Gasteiger partial charge in [-0.2, -0.15) is 13.2 Å². The third-order valence-electron chi connectivity index (χ3n) is 4.89. The Bertz CT molecular complexity index is 1080. The van der Waals surface area contributed by atoms with Crippen LogP contribution >= 0.6 is 0 Å². The number of aliphatic imine (C=N–C) groups is 1. The number of nitrogens with two attached hydrogens (primary N) is 1. The molecule has 0 radical (unpaired) electrons. The first kappa shape index (κ1) is 23.1. The van der Waals surface area contributed by atoms with Gasteiger partial charge in [-0.25, -0.2) is 14.4 Å². The average Bonchev–Trinajstić information content (AvgIpc) is 2.72. The summed E-state index contributed by atoms with van der Waals surface area (Å²) >= 11 is 0. The summed E-state index contributed by atoms with van der Waals surface area (Å²) in [5.41, 5.74) is 4.22. The van der Waals surface area contributed by atoms with Crippen LogP contribution in [0.3, 0.4) is 0 Å². The minimum absolute atomic E-state index is 0.0549. The summed E-state index contributed by atoms with van der Waals surface area (Å²) in [6.45, 7) is 1.39. The number of pyridine rings is 1. The van der Waals surface area contributed by atoms with Gasteiger partial charge in [0.2, 0.25) is 0 Å². The third-order valence-corrected chi connectivity index (χ3v) is 4.89. The molecule has 1 aliphatic rings. The van der Waals surface area contributed by atoms with E-state index in [2.05, 4.69) is 20.6 Å². The molecule has 2 atom stereocenters. The van der Waals surface area contributed by atoms with E-state index >= 15 is 0 Å². The number of hydrogen-bond donors (Lipinski definition) is 1. The lowest BCUT2D eigenvalue weighted by molar-refractivity contribution is -0.208. The zero-order valence-corrected chi connectivity index (χ0v) is 16.9. The van der Waals surface area contributed by atoms with Crippen LogP contribution in [-0.2, 0) is 16.7 Å². The second-order valence-electron chi connectivity index (χ2n) is 7.36. The van der Waals surface area contributed by atoms with Crippen molar-refractivity contribution in [2.75, 3.05) is 6.61 Å². The van der Waals surface area contributed by atoms with Crippen LogP contribution in [0.25, 0.3) is 0 Å². The first-order valence-corrected chi connectivity index (χ1v) is 9.45. The molecule has 0 unspecified atom stereocenters. The Labute approximate surface area is 181 Å². The van der Waals surface area contributed by atoms with E-state index in [1.165, 1.54) is 37.4 Å². The molecule has 0 aliphatic carbocycles. The topological polar surface area (TPSA) is 86.8 Å². The smallest absolute Gasteiger partial charge is 0.425 e. The van der Waals surface area contributed by atoms with Gasteiger partial charge in [-0.1, -0.05) is 12.0 Å². The van der Waals surface area contributed by atoms with Crippen molar-refractivity contribution in [2.45, 2.75) is 37.6 Å². The highest BCUT2D eigenvalue weighted by atomic mass is 19.4. The fourth-order valence-corrected chi connectivity index (χ4v) is 3.34. The Kier molecular flexibility index (Phi) is 6.39. The lowest BCUT2D eigenvalue weighted by Crippen LogP contribution is -2.46. The number of aromatic nitrogens is 1. The van der Waals surface area contributed by atoms with Crippen molar-refractivity contribution in [1.29, 1.82) is 0 Å². The fraction of sp³-hybridized carbons (Fsp3) is 0.318. The first-order chi connectivity index (χ1) is 15.0. The lowest BCUT2D eigenvalue weighted by Gasteiger charge is -2.36. The lowest BCUT2D eigenvalue weighted by atomic mass is 9.84. The molecule has 2 aromatic rings. The van der Waals surface area contributed by atoms with Crippen LogP contribution in [0.2, 0.25) is 0 Å². The van der Waals surface area contributed by atoms with E-state index in [1.807, 2.05) is 0 Å². The third kappa shape index (κ3) is 5.17. The van der Waals surface area contributed by atoms with Crippen molar-refractivity contribution in [3.05, 3.63) is 59.2 Å². The molecule has 0 amide bonds. The van der Waals surface area contributed by atoms with Crippen LogP contribution in [0.4, 0.5) is 17.6 Å². The molecule has 0 fully saturated rings. The molecule has 1 aromatic heterocycles. The molecule has 0 spiro atoms. The SMILES string of the molecule is C#CCOc1ccc(C(=O)Cc2ccc(F)c([C@]3(C)C[C@@H](C(F)(F)F)OC(N)=N3)c2)nc1. The largest absolute Gasteiger partial charge is 0.479 e. The number of Topliss-reactive ketones (excluding diaryl/α,β-unsaturated/α-hetero) is 1. The Balaban J connectivity index is 1.83. The fourth-order valence-electron chi connectivity index (χ4n) is 3.34. The number of halogens is 4. The Hall–Kier alpha value is -3.61. The molecule has 0 saturated heterocycles. The number of nitrogens with zero attached hydrogens (tertiary/aromatic N) is 2. The summed E-state index contributed by atoms with van der Waals surface area (Å²) in [7, 11) is 0. The molecule has 0 bridgehead atoms. The monoisotopic (exact) mass is 449 g/mol. The van der Waals surface area contributed by atoms with E-state index in [1.54, 1.807) is 0 Å². The van der Waals surface area contributed by atoms with Gasteiger partial charge in [0, 0.05) is 18.4 Å². The van der Waals surface area contributed by atoms with Gasteiger partial charge < -0.3 is 15.2 Å². The molecular formula is C22H19F4N3O3. The number of benzene rings is 1. The van der Waals surface area contributed by atoms with E-state index in [0.29, 0.717) is 11.3 Å². The number of hydrogen-bond acceptors (Lipinski definition) is 6. The van der Waals surface area contributed by atoms with Crippen molar-refractivity contribution in [3.63, 3.8) is 0 Å². The average molecular weight is 449 g/mol. The zero-order chi connectivity index (χ0) is 23.5. The first-order valence-electron chi connectivity index (χ1n) is 9.45. The van der Waals surface area contributed by atoms with Crippen molar-refractivity contribution in [1.82, 2.24) is 4.98 Å². The molecule has 0 saturated carbocycles. The van der Waals surface area contributed by atoms with Gasteiger partial charge in [-0.05, 0) is 36.8 Å². The number of carbonyl (C=O) groups excluding carboxylic acids is 1. The molecule has 3 rings (SSSR count). The standard InChI is InChI=1S/C22H19F4N3O3/c1-3-8-31-14-5-7-17(28-12-14)18(30)10-13-4-6-16(23)15(9-13)21(2)11-19(22(24,25)26)32-20(27)29-21/h1,4-7,9,12,19H,8,10-11H2,2H3,(H2,27,29)/t19-,21-/m0/s1. The number of terminal acetylenes is 1. The molecule has 32 heavy (non-hydrogen) atoms. The number of ether oxygens (including phenoxy) is 2. The quantitative estimate of drug-likeness (QED) is 0.414. The van der Waals surface area contributed by atoms with Crippen LogP contribution in [0.5, 0.6) is 5.75 Å². The molecule has 6 nitrogen and oxygen atoms in total. The summed E-state index contributed by atoms with van der Waals surface area (Å²) in [6, 6.07) is 6.07. The van der Waals surface area contributed by atoms with Crippen LogP contribution in [0.1, 0.15) is 35.0 Å². The minimum atomic E-state index is -4.70. The molecule has 1 aromatic carbocycles. The van der Waals surface area contributed by atoms with Gasteiger partial charge in [-0.15, -0.1) is 6.42 Å². The number of rotatable bonds is 6. The highest BCUT2D eigenvalue weighted by molar-refractivity contribution is 5.95. The number of amidine groups is 1. The maximum absolute atomic E-state index is 14.6. The maximum Gasteiger partial charge on any atom is 0.425 e. The molecule has 2 heterocycles. The van der Waals surface area contributed by atoms with Gasteiger partial charge >= 0.3 is 6.18 Å². The van der Waals surface area contributed by atoms with Gasteiger partial charge in [0.25, 0.3) is 6.02 Å². The van der Waals surface area contributed by atoms with Crippen LogP contribution < -0.4 is 10.5 Å². The second kappa shape index (κ2) is 8.86. The Morgan fingerprint density at radius 2 is 2.12 bits per heavy atom. The van der Waals surface area contributed by atoms with Gasteiger partial charge in [0.15, 0.2) is 11.9 Å². The molecule has 2 N–H and O–H groups in total. The minimum Gasteiger partial charge on any atom is -0.479 e. The number of carbonyl (C=O) groups is 1. The van der Waals surface area contributed by atoms with E-state index in [9.17, 15) is 22.4 Å². The Morgan fingerprint density at radius 3 is 2.75 bits per heavy atom. The second-order valence-corrected chi connectivity index (χ2v) is 7.36. The van der Waals surface area contributed by atoms with Gasteiger partial charge in [0.05, 0.1) is 11.7 Å². The molecule has 10 heteroatoms. The highest BCUT2D eigenvalue weighted by Gasteiger charge is 2.50. The van der Waals surface area contributed by atoms with Crippen molar-refractivity contribution in [2.24, 2.45) is 10.7 Å². The predicted molar refractivity (Wildman–Crippen MR) is 108 cm³/mol. The van der Waals surface area contributed by atoms with E-state index in [-0.39, 0.29) is 30.1 Å². The summed E-state index contributed by atoms with van der Waals surface area (Å²) in [4.78, 5) is 20.5. The molecule has 1 aliphatic heterocycles. The normalized spacial score (nSPS) is 20.6. The van der Waals surface area contributed by atoms with Crippen molar-refractivity contribution in [3.8, 4) is 18.1 Å². The summed E-state index contributed by atoms with van der Waals surface area (Å²) < 4.78 is 64.0. The number of alkyl halides is 3. The van der Waals surface area contributed by atoms with Gasteiger partial charge in [-0.3, -0.25) is 4.79 Å². The Morgan fingerprint density at radius 1 is 1.38 bits per heavy atom. The van der Waals surface area contributed by atoms with Crippen LogP contribution in [-0.4, -0.2) is 35.7 Å². The van der Waals surface area contributed by atoms with E-state index < -0.39 is 36.1 Å². The van der Waals surface area contributed by atoms with Crippen LogP contribution in [0, 0.1) is 18.2 Å². The predicted octanol–water partition coefficient (Wildman–Crippen LogP) is 3.54. The molecule has 168 valence electrons. The number of ketones is 1. The summed E-state index contributed by atoms with van der Waals surface area (Å²) in [6.07, 6.45) is -1.29. The van der Waals surface area contributed by atoms with E-state index in [4.69, 9.17) is 16.9 Å². The van der Waals surface area contributed by atoms with Crippen molar-refractivity contribution >= 4 is 11.8 Å². The maximum atomic E-state index is 14.6. The van der Waals surface area contributed by atoms with Gasteiger partial charge in [0.1, 0.15) is 23.9 Å². The highest BCUT2D eigenvalue weighted by Crippen LogP contribution is 2.41. The summed E-state index contributed by atoms with van der Waals surface area (Å²) in [5, 5.41) is 0. The van der Waals surface area contributed by atoms with E-state index in [0.717, 1.165) is 6.07 Å². The zero-order valence-electron chi connectivity index (χ0n) is 16.9. The van der Waals surface area contributed by atoms with Crippen molar-refractivity contribution < 1.29 is 31.8 Å². The summed E-state index contributed by atoms with van der Waals surface area (Å²) in [5.74, 6) is 1.56. The molecular weight excluding hydrogens is 430 g/mol. The van der Waals surface area contributed by atoms with Crippen LogP contribution in [0.15, 0.2) is 41.5 Å².